The van der Waals surface area contributed by atoms with Crippen LogP contribution in [-0.4, -0.2) is 56.1 Å². The molecule has 3 heterocycles. The summed E-state index contributed by atoms with van der Waals surface area (Å²) in [6.07, 6.45) is 3.01. The van der Waals surface area contributed by atoms with Gasteiger partial charge in [-0.2, -0.15) is 0 Å². The van der Waals surface area contributed by atoms with E-state index < -0.39 is 9.84 Å². The van der Waals surface area contributed by atoms with Crippen molar-refractivity contribution in [2.45, 2.75) is 25.3 Å². The molecule has 0 spiro atoms. The molecule has 1 unspecified atom stereocenters. The van der Waals surface area contributed by atoms with Gasteiger partial charge >= 0.3 is 0 Å². The third-order valence-electron chi connectivity index (χ3n) is 5.28. The Kier molecular flexibility index (Phi) is 4.56. The Labute approximate surface area is 154 Å². The lowest BCUT2D eigenvalue weighted by atomic mass is 10.2. The first-order valence-electron chi connectivity index (χ1n) is 9.14. The van der Waals surface area contributed by atoms with Gasteiger partial charge in [-0.3, -0.25) is 0 Å². The largest absolute Gasteiger partial charge is 0.356 e. The van der Waals surface area contributed by atoms with Gasteiger partial charge in [0.2, 0.25) is 0 Å². The summed E-state index contributed by atoms with van der Waals surface area (Å²) in [5.41, 5.74) is 0.974. The maximum absolute atomic E-state index is 11.9. The summed E-state index contributed by atoms with van der Waals surface area (Å²) in [6, 6.07) is 11.9. The van der Waals surface area contributed by atoms with Gasteiger partial charge in [-0.25, -0.2) is 18.4 Å². The Balaban J connectivity index is 1.72. The molecule has 0 saturated carbocycles. The van der Waals surface area contributed by atoms with Crippen molar-refractivity contribution >= 4 is 21.5 Å². The second-order valence-electron chi connectivity index (χ2n) is 7.14. The predicted molar refractivity (Wildman–Crippen MR) is 104 cm³/mol. The van der Waals surface area contributed by atoms with Crippen molar-refractivity contribution in [2.24, 2.45) is 0 Å². The van der Waals surface area contributed by atoms with Gasteiger partial charge in [0, 0.05) is 37.8 Å². The minimum absolute atomic E-state index is 0.0232. The van der Waals surface area contributed by atoms with Gasteiger partial charge in [-0.1, -0.05) is 30.3 Å². The van der Waals surface area contributed by atoms with Crippen LogP contribution in [0.1, 0.15) is 19.3 Å². The van der Waals surface area contributed by atoms with Gasteiger partial charge in [0.25, 0.3) is 0 Å². The molecule has 2 aliphatic rings. The average Bonchev–Trinajstić information content (AvgIpc) is 3.31. The smallest absolute Gasteiger partial charge is 0.163 e. The lowest BCUT2D eigenvalue weighted by Gasteiger charge is -2.26. The van der Waals surface area contributed by atoms with Gasteiger partial charge < -0.3 is 9.80 Å². The highest BCUT2D eigenvalue weighted by atomic mass is 32.2. The zero-order chi connectivity index (χ0) is 18.1. The molecule has 2 aromatic rings. The lowest BCUT2D eigenvalue weighted by molar-refractivity contribution is 0.600. The molecule has 0 bridgehead atoms. The molecule has 0 N–H and O–H groups in total. The standard InChI is InChI=1S/C19H24N4O2S/c1-22(16-9-12-26(24,25)14-16)17-13-18(23-10-5-6-11-23)21-19(20-17)15-7-3-2-4-8-15/h2-4,7-8,13,16H,5-6,9-12,14H2,1H3. The second kappa shape index (κ2) is 6.87. The predicted octanol–water partition coefficient (Wildman–Crippen LogP) is 2.37. The highest BCUT2D eigenvalue weighted by Gasteiger charge is 2.32. The van der Waals surface area contributed by atoms with Crippen LogP contribution in [0, 0.1) is 0 Å². The Morgan fingerprint density at radius 1 is 1.12 bits per heavy atom. The van der Waals surface area contributed by atoms with Crippen LogP contribution < -0.4 is 9.80 Å². The zero-order valence-corrected chi connectivity index (χ0v) is 15.8. The number of nitrogens with zero attached hydrogens (tertiary/aromatic N) is 4. The summed E-state index contributed by atoms with van der Waals surface area (Å²) in [5, 5.41) is 0. The van der Waals surface area contributed by atoms with Crippen molar-refractivity contribution in [3.8, 4) is 11.4 Å². The van der Waals surface area contributed by atoms with Gasteiger partial charge in [-0.05, 0) is 19.3 Å². The van der Waals surface area contributed by atoms with E-state index in [9.17, 15) is 8.42 Å². The molecule has 1 aromatic heterocycles. The Bertz CT molecular complexity index is 880. The number of hydrogen-bond acceptors (Lipinski definition) is 6. The van der Waals surface area contributed by atoms with E-state index >= 15 is 0 Å². The van der Waals surface area contributed by atoms with Gasteiger partial charge in [-0.15, -0.1) is 0 Å². The highest BCUT2D eigenvalue weighted by molar-refractivity contribution is 7.91. The van der Waals surface area contributed by atoms with Crippen LogP contribution in [0.4, 0.5) is 11.6 Å². The SMILES string of the molecule is CN(c1cc(N2CCCC2)nc(-c2ccccc2)n1)C1CCS(=O)(=O)C1. The van der Waals surface area contributed by atoms with Crippen molar-refractivity contribution in [2.75, 3.05) is 41.4 Å². The maximum atomic E-state index is 11.9. The van der Waals surface area contributed by atoms with Crippen LogP contribution in [0.25, 0.3) is 11.4 Å². The topological polar surface area (TPSA) is 66.4 Å². The minimum atomic E-state index is -2.93. The first-order chi connectivity index (χ1) is 12.5. The van der Waals surface area contributed by atoms with E-state index in [0.29, 0.717) is 12.2 Å². The Morgan fingerprint density at radius 2 is 1.85 bits per heavy atom. The molecular weight excluding hydrogens is 348 g/mol. The summed E-state index contributed by atoms with van der Waals surface area (Å²) in [5.74, 6) is 2.88. The van der Waals surface area contributed by atoms with Crippen molar-refractivity contribution in [1.82, 2.24) is 9.97 Å². The molecular formula is C19H24N4O2S. The maximum Gasteiger partial charge on any atom is 0.163 e. The molecule has 2 saturated heterocycles. The van der Waals surface area contributed by atoms with Crippen LogP contribution in [0.3, 0.4) is 0 Å². The quantitative estimate of drug-likeness (QED) is 0.821. The lowest BCUT2D eigenvalue weighted by Crippen LogP contribution is -2.33. The van der Waals surface area contributed by atoms with E-state index in [-0.39, 0.29) is 17.5 Å². The molecule has 1 atom stereocenters. The third-order valence-corrected chi connectivity index (χ3v) is 7.03. The van der Waals surface area contributed by atoms with E-state index in [1.165, 1.54) is 12.8 Å². The minimum Gasteiger partial charge on any atom is -0.356 e. The molecule has 0 radical (unpaired) electrons. The van der Waals surface area contributed by atoms with Crippen LogP contribution in [-0.2, 0) is 9.84 Å². The van der Waals surface area contributed by atoms with Crippen molar-refractivity contribution in [3.05, 3.63) is 36.4 Å². The molecule has 26 heavy (non-hydrogen) atoms. The van der Waals surface area contributed by atoms with Crippen LogP contribution >= 0.6 is 0 Å². The van der Waals surface area contributed by atoms with Crippen LogP contribution in [0.15, 0.2) is 36.4 Å². The van der Waals surface area contributed by atoms with Crippen molar-refractivity contribution < 1.29 is 8.42 Å². The van der Waals surface area contributed by atoms with E-state index in [0.717, 1.165) is 30.3 Å². The number of sulfone groups is 1. The first kappa shape index (κ1) is 17.3. The number of benzene rings is 1. The molecule has 2 aliphatic heterocycles. The molecule has 7 heteroatoms. The summed E-state index contributed by atoms with van der Waals surface area (Å²) < 4.78 is 23.7. The normalized spacial score (nSPS) is 21.9. The number of aromatic nitrogens is 2. The molecule has 0 aliphatic carbocycles. The summed E-state index contributed by atoms with van der Waals surface area (Å²) in [6.45, 7) is 2.01. The van der Waals surface area contributed by atoms with E-state index in [2.05, 4.69) is 4.90 Å². The van der Waals surface area contributed by atoms with Crippen LogP contribution in [0.5, 0.6) is 0 Å². The van der Waals surface area contributed by atoms with Crippen LogP contribution in [0.2, 0.25) is 0 Å². The summed E-state index contributed by atoms with van der Waals surface area (Å²) in [7, 11) is -0.991. The summed E-state index contributed by atoms with van der Waals surface area (Å²) >= 11 is 0. The number of rotatable bonds is 4. The van der Waals surface area contributed by atoms with E-state index in [1.54, 1.807) is 0 Å². The Hall–Kier alpha value is -2.15. The fourth-order valence-corrected chi connectivity index (χ4v) is 5.47. The van der Waals surface area contributed by atoms with Gasteiger partial charge in [0.15, 0.2) is 15.7 Å². The van der Waals surface area contributed by atoms with Crippen molar-refractivity contribution in [3.63, 3.8) is 0 Å². The summed E-state index contributed by atoms with van der Waals surface area (Å²) in [4.78, 5) is 13.9. The average molecular weight is 372 g/mol. The second-order valence-corrected chi connectivity index (χ2v) is 9.36. The molecule has 138 valence electrons. The van der Waals surface area contributed by atoms with E-state index in [4.69, 9.17) is 9.97 Å². The zero-order valence-electron chi connectivity index (χ0n) is 15.0. The monoisotopic (exact) mass is 372 g/mol. The fraction of sp³-hybridized carbons (Fsp3) is 0.474. The molecule has 0 amide bonds. The van der Waals surface area contributed by atoms with Gasteiger partial charge in [0.1, 0.15) is 11.6 Å². The number of anilines is 2. The van der Waals surface area contributed by atoms with E-state index in [1.807, 2.05) is 48.3 Å². The third kappa shape index (κ3) is 3.53. The molecule has 1 aromatic carbocycles. The number of hydrogen-bond donors (Lipinski definition) is 0. The fourth-order valence-electron chi connectivity index (χ4n) is 3.70. The highest BCUT2D eigenvalue weighted by Crippen LogP contribution is 2.28. The molecule has 6 nitrogen and oxygen atoms in total. The molecule has 2 fully saturated rings. The first-order valence-corrected chi connectivity index (χ1v) is 11.0. The Morgan fingerprint density at radius 3 is 2.50 bits per heavy atom. The van der Waals surface area contributed by atoms with Crippen molar-refractivity contribution in [1.29, 1.82) is 0 Å². The van der Waals surface area contributed by atoms with Gasteiger partial charge in [0.05, 0.1) is 11.5 Å². The molecule has 4 rings (SSSR count).